The molecule has 27 heavy (non-hydrogen) atoms. The Kier molecular flexibility index (Phi) is 5.01. The van der Waals surface area contributed by atoms with Gasteiger partial charge in [-0.15, -0.1) is 11.3 Å². The molecule has 1 aromatic carbocycles. The van der Waals surface area contributed by atoms with Crippen molar-refractivity contribution in [3.8, 4) is 11.3 Å². The lowest BCUT2D eigenvalue weighted by Gasteiger charge is -2.08. The minimum absolute atomic E-state index is 0.0297. The topological polar surface area (TPSA) is 54.9 Å². The van der Waals surface area contributed by atoms with E-state index in [9.17, 15) is 18.0 Å². The summed E-state index contributed by atoms with van der Waals surface area (Å²) in [6.45, 7) is 6.05. The molecule has 0 atom stereocenters. The summed E-state index contributed by atoms with van der Waals surface area (Å²) in [5.41, 5.74) is 4.11. The van der Waals surface area contributed by atoms with Gasteiger partial charge in [-0.2, -0.15) is 13.2 Å². The van der Waals surface area contributed by atoms with Gasteiger partial charge >= 0.3 is 6.18 Å². The van der Waals surface area contributed by atoms with Crippen LogP contribution in [-0.2, 0) is 6.18 Å². The van der Waals surface area contributed by atoms with Gasteiger partial charge in [0.15, 0.2) is 5.13 Å². The van der Waals surface area contributed by atoms with Crippen molar-refractivity contribution in [2.45, 2.75) is 26.9 Å². The summed E-state index contributed by atoms with van der Waals surface area (Å²) in [5.74, 6) is -0.561. The smallest absolute Gasteiger partial charge is 0.298 e. The fraction of sp³-hybridized carbons (Fsp3) is 0.211. The lowest BCUT2D eigenvalue weighted by Crippen LogP contribution is -2.14. The number of hydrogen-bond donors (Lipinski definition) is 1. The zero-order valence-corrected chi connectivity index (χ0v) is 15.6. The highest BCUT2D eigenvalue weighted by Gasteiger charge is 2.32. The molecule has 0 spiro atoms. The normalized spacial score (nSPS) is 11.5. The fourth-order valence-electron chi connectivity index (χ4n) is 2.56. The maximum atomic E-state index is 12.5. The minimum Gasteiger partial charge on any atom is -0.298 e. The van der Waals surface area contributed by atoms with Gasteiger partial charge in [0, 0.05) is 17.1 Å². The van der Waals surface area contributed by atoms with Gasteiger partial charge in [-0.3, -0.25) is 15.1 Å². The third-order valence-electron chi connectivity index (χ3n) is 4.16. The molecule has 3 aromatic rings. The van der Waals surface area contributed by atoms with Crippen molar-refractivity contribution in [1.29, 1.82) is 0 Å². The Bertz CT molecular complexity index is 994. The average molecular weight is 391 g/mol. The van der Waals surface area contributed by atoms with Crippen LogP contribution in [0.2, 0.25) is 0 Å². The van der Waals surface area contributed by atoms with Crippen molar-refractivity contribution in [2.24, 2.45) is 0 Å². The molecule has 0 bridgehead atoms. The van der Waals surface area contributed by atoms with E-state index in [-0.39, 0.29) is 5.56 Å². The summed E-state index contributed by atoms with van der Waals surface area (Å²) >= 11 is 1.25. The van der Waals surface area contributed by atoms with Gasteiger partial charge in [0.05, 0.1) is 11.3 Å². The molecular formula is C19H16F3N3OS. The number of nitrogens with zero attached hydrogens (tertiary/aromatic N) is 2. The lowest BCUT2D eigenvalue weighted by molar-refractivity contribution is -0.141. The van der Waals surface area contributed by atoms with Gasteiger partial charge in [0.1, 0.15) is 5.69 Å². The van der Waals surface area contributed by atoms with E-state index in [2.05, 4.69) is 21.4 Å². The van der Waals surface area contributed by atoms with E-state index >= 15 is 0 Å². The monoisotopic (exact) mass is 391 g/mol. The van der Waals surface area contributed by atoms with Crippen LogP contribution in [0.4, 0.5) is 18.3 Å². The Balaban J connectivity index is 1.78. The zero-order chi connectivity index (χ0) is 19.8. The molecule has 0 aliphatic heterocycles. The quantitative estimate of drug-likeness (QED) is 0.650. The van der Waals surface area contributed by atoms with Crippen molar-refractivity contribution >= 4 is 22.4 Å². The van der Waals surface area contributed by atoms with Crippen LogP contribution in [0, 0.1) is 20.8 Å². The number of thiazole rings is 1. The van der Waals surface area contributed by atoms with E-state index in [4.69, 9.17) is 0 Å². The number of rotatable bonds is 3. The van der Waals surface area contributed by atoms with Crippen molar-refractivity contribution < 1.29 is 18.0 Å². The molecular weight excluding hydrogens is 375 g/mol. The number of carbonyl (C=O) groups is 1. The number of carbonyl (C=O) groups excluding carboxylic acids is 1. The Labute approximate surface area is 158 Å². The summed E-state index contributed by atoms with van der Waals surface area (Å²) in [6, 6.07) is 6.00. The van der Waals surface area contributed by atoms with Crippen LogP contribution in [0.25, 0.3) is 11.3 Å². The Morgan fingerprint density at radius 3 is 2.41 bits per heavy atom. The summed E-state index contributed by atoms with van der Waals surface area (Å²) < 4.78 is 37.6. The molecule has 2 aromatic heterocycles. The van der Waals surface area contributed by atoms with Gasteiger partial charge in [0.25, 0.3) is 5.91 Å². The van der Waals surface area contributed by atoms with Crippen LogP contribution in [0.1, 0.15) is 32.7 Å². The average Bonchev–Trinajstić information content (AvgIpc) is 3.05. The number of aromatic nitrogens is 2. The molecule has 2 heterocycles. The maximum absolute atomic E-state index is 12.5. The van der Waals surface area contributed by atoms with E-state index in [0.29, 0.717) is 5.13 Å². The lowest BCUT2D eigenvalue weighted by atomic mass is 9.99. The molecule has 0 radical (unpaired) electrons. The number of anilines is 1. The third-order valence-corrected chi connectivity index (χ3v) is 4.92. The van der Waals surface area contributed by atoms with Crippen molar-refractivity contribution in [2.75, 3.05) is 5.32 Å². The number of aryl methyl sites for hydroxylation is 3. The number of amides is 1. The first-order valence-electron chi connectivity index (χ1n) is 8.03. The first kappa shape index (κ1) is 19.0. The second kappa shape index (κ2) is 7.11. The first-order chi connectivity index (χ1) is 12.6. The predicted octanol–water partition coefficient (Wildman–Crippen LogP) is 5.40. The van der Waals surface area contributed by atoms with E-state index in [1.165, 1.54) is 16.9 Å². The second-order valence-corrected chi connectivity index (χ2v) is 7.03. The highest BCUT2D eigenvalue weighted by Crippen LogP contribution is 2.30. The van der Waals surface area contributed by atoms with Crippen LogP contribution in [0.15, 0.2) is 35.8 Å². The van der Waals surface area contributed by atoms with E-state index in [0.717, 1.165) is 40.7 Å². The van der Waals surface area contributed by atoms with Crippen LogP contribution in [0.3, 0.4) is 0 Å². The molecule has 0 fully saturated rings. The molecule has 0 aliphatic rings. The Morgan fingerprint density at radius 1 is 1.07 bits per heavy atom. The van der Waals surface area contributed by atoms with E-state index < -0.39 is 17.8 Å². The molecule has 0 aliphatic carbocycles. The number of pyridine rings is 1. The number of nitrogens with one attached hydrogen (secondary N) is 1. The van der Waals surface area contributed by atoms with Crippen molar-refractivity contribution in [1.82, 2.24) is 9.97 Å². The number of halogens is 3. The van der Waals surface area contributed by atoms with Gasteiger partial charge in [-0.05, 0) is 55.7 Å². The Hall–Kier alpha value is -2.74. The zero-order valence-electron chi connectivity index (χ0n) is 14.8. The minimum atomic E-state index is -4.54. The fourth-order valence-corrected chi connectivity index (χ4v) is 3.26. The van der Waals surface area contributed by atoms with Crippen LogP contribution in [-0.4, -0.2) is 15.9 Å². The second-order valence-electron chi connectivity index (χ2n) is 6.17. The molecule has 3 rings (SSSR count). The summed E-state index contributed by atoms with van der Waals surface area (Å²) in [7, 11) is 0. The summed E-state index contributed by atoms with van der Waals surface area (Å²) in [6.07, 6.45) is -3.64. The predicted molar refractivity (Wildman–Crippen MR) is 99.0 cm³/mol. The van der Waals surface area contributed by atoms with Crippen LogP contribution < -0.4 is 5.32 Å². The SMILES string of the molecule is Cc1cc(C)c(-c2csc(NC(=O)c3ccc(C(F)(F)F)nc3)n2)cc1C. The molecule has 1 N–H and O–H groups in total. The molecule has 0 saturated carbocycles. The van der Waals surface area contributed by atoms with Crippen LogP contribution >= 0.6 is 11.3 Å². The number of benzene rings is 1. The molecule has 140 valence electrons. The third kappa shape index (κ3) is 4.16. The van der Waals surface area contributed by atoms with E-state index in [1.54, 1.807) is 0 Å². The molecule has 0 unspecified atom stereocenters. The van der Waals surface area contributed by atoms with E-state index in [1.807, 2.05) is 32.2 Å². The highest BCUT2D eigenvalue weighted by atomic mass is 32.1. The first-order valence-corrected chi connectivity index (χ1v) is 8.91. The maximum Gasteiger partial charge on any atom is 0.433 e. The molecule has 0 saturated heterocycles. The number of alkyl halides is 3. The molecule has 4 nitrogen and oxygen atoms in total. The number of hydrogen-bond acceptors (Lipinski definition) is 4. The van der Waals surface area contributed by atoms with Crippen LogP contribution in [0.5, 0.6) is 0 Å². The Morgan fingerprint density at radius 2 is 1.78 bits per heavy atom. The summed E-state index contributed by atoms with van der Waals surface area (Å²) in [5, 5.41) is 4.80. The molecule has 8 heteroatoms. The van der Waals surface area contributed by atoms with Gasteiger partial charge in [-0.25, -0.2) is 4.98 Å². The van der Waals surface area contributed by atoms with Gasteiger partial charge < -0.3 is 0 Å². The molecule has 1 amide bonds. The standard InChI is InChI=1S/C19H16F3N3OS/c1-10-6-12(3)14(7-11(10)2)15-9-27-18(24-15)25-17(26)13-4-5-16(23-8-13)19(20,21)22/h4-9H,1-3H3,(H,24,25,26). The highest BCUT2D eigenvalue weighted by molar-refractivity contribution is 7.14. The largest absolute Gasteiger partial charge is 0.433 e. The van der Waals surface area contributed by atoms with Crippen molar-refractivity contribution in [3.63, 3.8) is 0 Å². The van der Waals surface area contributed by atoms with Gasteiger partial charge in [-0.1, -0.05) is 6.07 Å². The van der Waals surface area contributed by atoms with Crippen molar-refractivity contribution in [3.05, 3.63) is 63.8 Å². The van der Waals surface area contributed by atoms with Gasteiger partial charge in [0.2, 0.25) is 0 Å². The summed E-state index contributed by atoms with van der Waals surface area (Å²) in [4.78, 5) is 19.9.